The third-order valence-corrected chi connectivity index (χ3v) is 6.96. The Morgan fingerprint density at radius 2 is 2.06 bits per heavy atom. The molecule has 0 aliphatic carbocycles. The van der Waals surface area contributed by atoms with E-state index in [1.165, 1.54) is 35.7 Å². The van der Waals surface area contributed by atoms with Crippen molar-refractivity contribution in [2.24, 2.45) is 0 Å². The topological polar surface area (TPSA) is 93.9 Å². The van der Waals surface area contributed by atoms with Gasteiger partial charge in [0, 0.05) is 43.5 Å². The molecule has 5 rings (SSSR count). The Morgan fingerprint density at radius 3 is 2.79 bits per heavy atom. The number of pyridine rings is 1. The summed E-state index contributed by atoms with van der Waals surface area (Å²) in [6, 6.07) is 7.71. The van der Waals surface area contributed by atoms with E-state index in [1.54, 1.807) is 31.1 Å². The monoisotopic (exact) mass is 469 g/mol. The van der Waals surface area contributed by atoms with Gasteiger partial charge < -0.3 is 19.5 Å². The second-order valence-corrected chi connectivity index (χ2v) is 8.90. The maximum Gasteiger partial charge on any atom is 0.416 e. The van der Waals surface area contributed by atoms with E-state index >= 15 is 4.39 Å². The number of thiophene rings is 1. The zero-order chi connectivity index (χ0) is 23.3. The summed E-state index contributed by atoms with van der Waals surface area (Å²) in [6.07, 6.45) is 1.19. The zero-order valence-corrected chi connectivity index (χ0v) is 18.7. The summed E-state index contributed by atoms with van der Waals surface area (Å²) in [6.45, 7) is 2.77. The molecule has 1 aliphatic rings. The van der Waals surface area contributed by atoms with Gasteiger partial charge in [0.2, 0.25) is 0 Å². The van der Waals surface area contributed by atoms with Crippen LogP contribution in [0.4, 0.5) is 9.18 Å². The van der Waals surface area contributed by atoms with Gasteiger partial charge >= 0.3 is 6.09 Å². The van der Waals surface area contributed by atoms with Crippen molar-refractivity contribution < 1.29 is 28.6 Å². The highest BCUT2D eigenvalue weighted by atomic mass is 32.1. The number of hydrogen-bond acceptors (Lipinski definition) is 6. The molecule has 170 valence electrons. The van der Waals surface area contributed by atoms with Gasteiger partial charge in [-0.15, -0.1) is 11.3 Å². The number of carbonyl (C=O) groups excluding carboxylic acids is 1. The lowest BCUT2D eigenvalue weighted by atomic mass is 10.2. The van der Waals surface area contributed by atoms with Gasteiger partial charge in [0.1, 0.15) is 5.75 Å². The number of aromatic nitrogens is 2. The highest BCUT2D eigenvalue weighted by molar-refractivity contribution is 7.21. The molecular formula is C23H20FN3O5S. The number of aryl methyl sites for hydroxylation is 1. The van der Waals surface area contributed by atoms with Crippen molar-refractivity contribution in [3.63, 3.8) is 0 Å². The van der Waals surface area contributed by atoms with Crippen LogP contribution in [0.1, 0.15) is 21.8 Å². The minimum absolute atomic E-state index is 0.0397. The summed E-state index contributed by atoms with van der Waals surface area (Å²) in [5.74, 6) is -0.424. The van der Waals surface area contributed by atoms with Gasteiger partial charge in [-0.05, 0) is 37.6 Å². The van der Waals surface area contributed by atoms with Crippen LogP contribution in [-0.4, -0.2) is 57.9 Å². The molecule has 1 aromatic carbocycles. The van der Waals surface area contributed by atoms with Crippen LogP contribution < -0.4 is 4.74 Å². The van der Waals surface area contributed by atoms with Crippen LogP contribution in [0.25, 0.3) is 21.1 Å². The molecule has 1 saturated heterocycles. The number of amides is 1. The summed E-state index contributed by atoms with van der Waals surface area (Å²) in [4.78, 5) is 31.0. The molecule has 10 heteroatoms. The lowest BCUT2D eigenvalue weighted by Crippen LogP contribution is -2.29. The van der Waals surface area contributed by atoms with Crippen molar-refractivity contribution in [1.29, 1.82) is 0 Å². The molecule has 8 nitrogen and oxygen atoms in total. The first kappa shape index (κ1) is 21.4. The number of ether oxygens (including phenoxy) is 2. The number of hydrogen-bond donors (Lipinski definition) is 1. The summed E-state index contributed by atoms with van der Waals surface area (Å²) >= 11 is 1.24. The van der Waals surface area contributed by atoms with E-state index < -0.39 is 11.9 Å². The smallest absolute Gasteiger partial charge is 0.416 e. The largest absolute Gasteiger partial charge is 0.464 e. The number of methoxy groups -OCH3 is 1. The molecule has 33 heavy (non-hydrogen) atoms. The Morgan fingerprint density at radius 1 is 1.24 bits per heavy atom. The quantitative estimate of drug-likeness (QED) is 0.458. The second-order valence-electron chi connectivity index (χ2n) is 7.85. The van der Waals surface area contributed by atoms with E-state index in [0.717, 1.165) is 11.0 Å². The Bertz CT molecular complexity index is 1410. The molecule has 0 saturated carbocycles. The molecular weight excluding hydrogens is 449 g/mol. The number of carbonyl (C=O) groups is 2. The van der Waals surface area contributed by atoms with Crippen LogP contribution in [0.5, 0.6) is 11.5 Å². The average Bonchev–Trinajstić information content (AvgIpc) is 3.51. The number of benzene rings is 1. The van der Waals surface area contributed by atoms with Crippen LogP contribution >= 0.6 is 11.3 Å². The van der Waals surface area contributed by atoms with E-state index in [-0.39, 0.29) is 28.7 Å². The van der Waals surface area contributed by atoms with Crippen molar-refractivity contribution in [1.82, 2.24) is 14.5 Å². The van der Waals surface area contributed by atoms with Gasteiger partial charge in [0.05, 0.1) is 26.7 Å². The third kappa shape index (κ3) is 3.61. The van der Waals surface area contributed by atoms with Crippen molar-refractivity contribution in [3.8, 4) is 11.5 Å². The number of likely N-dealkylation sites (tertiary alicyclic amines) is 1. The highest BCUT2D eigenvalue weighted by Gasteiger charge is 2.28. The summed E-state index contributed by atoms with van der Waals surface area (Å²) in [5.41, 5.74) is 1.23. The first-order valence-electron chi connectivity index (χ1n) is 10.3. The number of nitrogens with zero attached hydrogens (tertiary/aromatic N) is 3. The van der Waals surface area contributed by atoms with Crippen LogP contribution in [0.15, 0.2) is 36.5 Å². The summed E-state index contributed by atoms with van der Waals surface area (Å²) < 4.78 is 28.1. The lowest BCUT2D eigenvalue weighted by molar-refractivity contribution is 0.0728. The van der Waals surface area contributed by atoms with Gasteiger partial charge in [-0.2, -0.15) is 0 Å². The van der Waals surface area contributed by atoms with E-state index in [4.69, 9.17) is 9.47 Å². The first-order valence-corrected chi connectivity index (χ1v) is 11.1. The molecule has 4 aromatic rings. The molecule has 0 bridgehead atoms. The van der Waals surface area contributed by atoms with Crippen LogP contribution in [0.3, 0.4) is 0 Å². The van der Waals surface area contributed by atoms with Gasteiger partial charge in [-0.3, -0.25) is 9.78 Å². The van der Waals surface area contributed by atoms with E-state index in [2.05, 4.69) is 4.98 Å². The normalized spacial score (nSPS) is 16.1. The fourth-order valence-electron chi connectivity index (χ4n) is 4.17. The van der Waals surface area contributed by atoms with Crippen molar-refractivity contribution >= 4 is 44.5 Å². The minimum Gasteiger partial charge on any atom is -0.464 e. The van der Waals surface area contributed by atoms with E-state index in [1.807, 2.05) is 0 Å². The molecule has 3 aromatic heterocycles. The number of fused-ring (bicyclic) bond motifs is 2. The van der Waals surface area contributed by atoms with Crippen LogP contribution in [-0.2, 0) is 4.74 Å². The Labute approximate surface area is 191 Å². The number of carboxylic acid groups (broad SMARTS) is 1. The Kier molecular flexibility index (Phi) is 5.26. The van der Waals surface area contributed by atoms with Gasteiger partial charge in [0.25, 0.3) is 5.91 Å². The third-order valence-electron chi connectivity index (χ3n) is 5.83. The minimum atomic E-state index is -1.18. The molecule has 1 unspecified atom stereocenters. The lowest BCUT2D eigenvalue weighted by Gasteiger charge is -2.14. The highest BCUT2D eigenvalue weighted by Crippen LogP contribution is 2.38. The maximum atomic E-state index is 15.2. The molecule has 1 N–H and O–H groups in total. The standard InChI is InChI=1S/C23H20FN3O5S/c1-12-9-14-16(27(12)23(29)30)3-4-17(20(14)24)32-18-5-7-25-15-10-19(33-21(15)18)22(28)26-8-6-13(11-26)31-2/h3-5,7,9-10,13H,6,8,11H2,1-2H3,(H,29,30). The first-order chi connectivity index (χ1) is 15.9. The van der Waals surface area contributed by atoms with Crippen LogP contribution in [0.2, 0.25) is 0 Å². The number of halogens is 1. The Balaban J connectivity index is 1.48. The molecule has 0 spiro atoms. The molecule has 1 amide bonds. The SMILES string of the molecule is COC1CCN(C(=O)c2cc3nccc(Oc4ccc5c(cc(C)n5C(=O)O)c4F)c3s2)C1. The van der Waals surface area contributed by atoms with Gasteiger partial charge in [-0.1, -0.05) is 0 Å². The summed E-state index contributed by atoms with van der Waals surface area (Å²) in [7, 11) is 1.64. The summed E-state index contributed by atoms with van der Waals surface area (Å²) in [5, 5.41) is 9.54. The molecule has 1 aliphatic heterocycles. The molecule has 1 atom stereocenters. The molecule has 1 fully saturated rings. The average molecular weight is 469 g/mol. The molecule has 0 radical (unpaired) electrons. The fourth-order valence-corrected chi connectivity index (χ4v) is 5.20. The van der Waals surface area contributed by atoms with Crippen molar-refractivity contribution in [3.05, 3.63) is 52.9 Å². The number of rotatable bonds is 4. The second kappa shape index (κ2) is 8.13. The predicted molar refractivity (Wildman–Crippen MR) is 121 cm³/mol. The van der Waals surface area contributed by atoms with Crippen molar-refractivity contribution in [2.45, 2.75) is 19.4 Å². The van der Waals surface area contributed by atoms with E-state index in [0.29, 0.717) is 39.6 Å². The molecule has 4 heterocycles. The predicted octanol–water partition coefficient (Wildman–Crippen LogP) is 4.88. The van der Waals surface area contributed by atoms with E-state index in [9.17, 15) is 14.7 Å². The maximum absolute atomic E-state index is 15.2. The fraction of sp³-hybridized carbons (Fsp3) is 0.261. The Hall–Kier alpha value is -3.50. The zero-order valence-electron chi connectivity index (χ0n) is 17.9. The van der Waals surface area contributed by atoms with Gasteiger partial charge in [-0.25, -0.2) is 13.8 Å². The van der Waals surface area contributed by atoms with Gasteiger partial charge in [0.15, 0.2) is 11.6 Å². The van der Waals surface area contributed by atoms with Crippen molar-refractivity contribution in [2.75, 3.05) is 20.2 Å². The van der Waals surface area contributed by atoms with Crippen LogP contribution in [0, 0.1) is 12.7 Å².